The number of nitrogens with zero attached hydrogens (tertiary/aromatic N) is 3. The second-order valence-electron chi connectivity index (χ2n) is 6.38. The molecule has 0 aliphatic carbocycles. The van der Waals surface area contributed by atoms with Crippen LogP contribution in [0.5, 0.6) is 0 Å². The summed E-state index contributed by atoms with van der Waals surface area (Å²) < 4.78 is 1.83. The van der Waals surface area contributed by atoms with Crippen LogP contribution in [0.3, 0.4) is 0 Å². The fourth-order valence-corrected chi connectivity index (χ4v) is 4.11. The van der Waals surface area contributed by atoms with Gasteiger partial charge in [0.05, 0.1) is 17.3 Å². The van der Waals surface area contributed by atoms with Crippen LogP contribution >= 0.6 is 11.6 Å². The smallest absolute Gasteiger partial charge is 0.308 e. The Morgan fingerprint density at radius 1 is 1.26 bits per heavy atom. The van der Waals surface area contributed by atoms with Crippen LogP contribution in [0.2, 0.25) is 5.02 Å². The van der Waals surface area contributed by atoms with E-state index in [9.17, 15) is 9.90 Å². The molecule has 6 heteroatoms. The van der Waals surface area contributed by atoms with E-state index in [-0.39, 0.29) is 12.0 Å². The third-order valence-corrected chi connectivity index (χ3v) is 5.33. The molecule has 0 spiro atoms. The average molecular weight is 332 g/mol. The lowest BCUT2D eigenvalue weighted by Crippen LogP contribution is -2.32. The molecule has 2 aliphatic heterocycles. The molecule has 3 heterocycles. The maximum absolute atomic E-state index is 11.3. The van der Waals surface area contributed by atoms with Gasteiger partial charge in [-0.05, 0) is 49.6 Å². The van der Waals surface area contributed by atoms with E-state index in [0.717, 1.165) is 37.2 Å². The highest BCUT2D eigenvalue weighted by Gasteiger charge is 2.49. The highest BCUT2D eigenvalue weighted by Crippen LogP contribution is 2.42. The first-order valence-corrected chi connectivity index (χ1v) is 8.28. The fraction of sp³-hybridized carbons (Fsp3) is 0.412. The molecule has 4 rings (SSSR count). The van der Waals surface area contributed by atoms with E-state index >= 15 is 0 Å². The van der Waals surface area contributed by atoms with Crippen molar-refractivity contribution < 1.29 is 9.90 Å². The fourth-order valence-electron chi connectivity index (χ4n) is 3.98. The predicted molar refractivity (Wildman–Crippen MR) is 86.7 cm³/mol. The van der Waals surface area contributed by atoms with Crippen molar-refractivity contribution in [3.8, 4) is 5.69 Å². The molecular weight excluding hydrogens is 314 g/mol. The molecule has 2 fully saturated rings. The zero-order valence-corrected chi connectivity index (χ0v) is 13.4. The number of hydrogen-bond donors (Lipinski definition) is 1. The van der Waals surface area contributed by atoms with Gasteiger partial charge in [-0.15, -0.1) is 0 Å². The van der Waals surface area contributed by atoms with Crippen LogP contribution in [-0.2, 0) is 11.3 Å². The first-order chi connectivity index (χ1) is 11.1. The lowest BCUT2D eigenvalue weighted by atomic mass is 9.89. The van der Waals surface area contributed by atoms with Crippen molar-refractivity contribution in [2.24, 2.45) is 5.92 Å². The molecule has 23 heavy (non-hydrogen) atoms. The predicted octanol–water partition coefficient (Wildman–Crippen LogP) is 2.96. The van der Waals surface area contributed by atoms with E-state index < -0.39 is 5.97 Å². The van der Waals surface area contributed by atoms with Crippen molar-refractivity contribution in [1.29, 1.82) is 0 Å². The summed E-state index contributed by atoms with van der Waals surface area (Å²) >= 11 is 5.91. The van der Waals surface area contributed by atoms with Crippen molar-refractivity contribution in [2.45, 2.75) is 37.9 Å². The molecule has 1 N–H and O–H groups in total. The molecule has 1 aromatic carbocycles. The Kier molecular flexibility index (Phi) is 3.62. The Morgan fingerprint density at radius 2 is 2.04 bits per heavy atom. The minimum atomic E-state index is -0.658. The number of carbonyl (C=O) groups is 1. The number of hydrogen-bond acceptors (Lipinski definition) is 3. The van der Waals surface area contributed by atoms with Crippen LogP contribution < -0.4 is 0 Å². The van der Waals surface area contributed by atoms with Gasteiger partial charge in [0.15, 0.2) is 0 Å². The molecular formula is C17H18ClN3O2. The summed E-state index contributed by atoms with van der Waals surface area (Å²) in [5, 5.41) is 14.7. The molecule has 0 saturated carbocycles. The van der Waals surface area contributed by atoms with Gasteiger partial charge in [-0.3, -0.25) is 9.69 Å². The average Bonchev–Trinajstić information content (AvgIpc) is 3.24. The third-order valence-electron chi connectivity index (χ3n) is 5.08. The van der Waals surface area contributed by atoms with Gasteiger partial charge in [-0.2, -0.15) is 5.10 Å². The molecule has 3 atom stereocenters. The Morgan fingerprint density at radius 3 is 2.74 bits per heavy atom. The minimum absolute atomic E-state index is 0.165. The molecule has 0 radical (unpaired) electrons. The summed E-state index contributed by atoms with van der Waals surface area (Å²) in [6, 6.07) is 10.1. The number of benzene rings is 1. The number of carboxylic acid groups (broad SMARTS) is 1. The van der Waals surface area contributed by atoms with E-state index in [1.165, 1.54) is 0 Å². The van der Waals surface area contributed by atoms with Crippen LogP contribution in [0.4, 0.5) is 0 Å². The van der Waals surface area contributed by atoms with Crippen molar-refractivity contribution in [1.82, 2.24) is 14.7 Å². The summed E-state index contributed by atoms with van der Waals surface area (Å²) in [4.78, 5) is 13.7. The summed E-state index contributed by atoms with van der Waals surface area (Å²) in [5.41, 5.74) is 1.94. The standard InChI is InChI=1S/C17H18ClN3O2/c18-11-1-3-13(4-2-11)21-8-7-12(19-21)10-20-14-5-6-16(20)15(9-14)17(22)23/h1-4,7-8,14-16H,5-6,9-10H2,(H,22,23). The number of rotatable bonds is 4. The summed E-state index contributed by atoms with van der Waals surface area (Å²) in [5.74, 6) is -0.874. The summed E-state index contributed by atoms with van der Waals surface area (Å²) in [6.07, 6.45) is 4.80. The first kappa shape index (κ1) is 14.7. The highest BCUT2D eigenvalue weighted by atomic mass is 35.5. The molecule has 5 nitrogen and oxygen atoms in total. The quantitative estimate of drug-likeness (QED) is 0.935. The van der Waals surface area contributed by atoms with Gasteiger partial charge >= 0.3 is 5.97 Å². The summed E-state index contributed by atoms with van der Waals surface area (Å²) in [7, 11) is 0. The van der Waals surface area contributed by atoms with Gasteiger partial charge < -0.3 is 5.11 Å². The molecule has 1 aromatic heterocycles. The number of aromatic nitrogens is 2. The van der Waals surface area contributed by atoms with Crippen LogP contribution in [0.1, 0.15) is 25.0 Å². The number of carboxylic acids is 1. The van der Waals surface area contributed by atoms with E-state index in [2.05, 4.69) is 10.00 Å². The van der Waals surface area contributed by atoms with Crippen LogP contribution in [0.25, 0.3) is 5.69 Å². The second-order valence-corrected chi connectivity index (χ2v) is 6.82. The van der Waals surface area contributed by atoms with Gasteiger partial charge in [0.1, 0.15) is 0 Å². The van der Waals surface area contributed by atoms with Crippen molar-refractivity contribution in [2.75, 3.05) is 0 Å². The van der Waals surface area contributed by atoms with Gasteiger partial charge in [0.2, 0.25) is 0 Å². The Labute approximate surface area is 139 Å². The van der Waals surface area contributed by atoms with Crippen molar-refractivity contribution in [3.05, 3.63) is 47.2 Å². The Balaban J connectivity index is 1.50. The topological polar surface area (TPSA) is 58.4 Å². The SMILES string of the molecule is O=C(O)C1CC2CCC1N2Cc1ccn(-c2ccc(Cl)cc2)n1. The van der Waals surface area contributed by atoms with Gasteiger partial charge in [-0.25, -0.2) is 4.68 Å². The number of aliphatic carboxylic acids is 1. The van der Waals surface area contributed by atoms with Gasteiger partial charge in [0.25, 0.3) is 0 Å². The van der Waals surface area contributed by atoms with Crippen LogP contribution in [-0.4, -0.2) is 37.8 Å². The maximum atomic E-state index is 11.3. The van der Waals surface area contributed by atoms with Gasteiger partial charge in [0, 0.05) is 29.8 Å². The first-order valence-electron chi connectivity index (χ1n) is 7.91. The number of fused-ring (bicyclic) bond motifs is 2. The molecule has 3 unspecified atom stereocenters. The van der Waals surface area contributed by atoms with Crippen molar-refractivity contribution in [3.63, 3.8) is 0 Å². The summed E-state index contributed by atoms with van der Waals surface area (Å²) in [6.45, 7) is 0.722. The lowest BCUT2D eigenvalue weighted by molar-refractivity contribution is -0.142. The van der Waals surface area contributed by atoms with E-state index in [1.807, 2.05) is 41.2 Å². The van der Waals surface area contributed by atoms with Crippen molar-refractivity contribution >= 4 is 17.6 Å². The zero-order valence-electron chi connectivity index (χ0n) is 12.6. The van der Waals surface area contributed by atoms with Crippen LogP contribution in [0, 0.1) is 5.92 Å². The second kappa shape index (κ2) is 5.65. The molecule has 2 aromatic rings. The van der Waals surface area contributed by atoms with Crippen LogP contribution in [0.15, 0.2) is 36.5 Å². The minimum Gasteiger partial charge on any atom is -0.481 e. The lowest BCUT2D eigenvalue weighted by Gasteiger charge is -2.21. The molecule has 2 saturated heterocycles. The monoisotopic (exact) mass is 331 g/mol. The number of halogens is 1. The molecule has 2 bridgehead atoms. The highest BCUT2D eigenvalue weighted by molar-refractivity contribution is 6.30. The Bertz CT molecular complexity index is 728. The maximum Gasteiger partial charge on any atom is 0.308 e. The van der Waals surface area contributed by atoms with E-state index in [0.29, 0.717) is 11.1 Å². The van der Waals surface area contributed by atoms with E-state index in [4.69, 9.17) is 11.6 Å². The van der Waals surface area contributed by atoms with Gasteiger partial charge in [-0.1, -0.05) is 11.6 Å². The normalized spacial score (nSPS) is 26.7. The molecule has 2 aliphatic rings. The third kappa shape index (κ3) is 2.64. The largest absolute Gasteiger partial charge is 0.481 e. The Hall–Kier alpha value is -1.85. The molecule has 0 amide bonds. The van der Waals surface area contributed by atoms with E-state index in [1.54, 1.807) is 0 Å². The molecule has 120 valence electrons. The zero-order chi connectivity index (χ0) is 16.0.